The minimum absolute atomic E-state index is 0.106. The van der Waals surface area contributed by atoms with Gasteiger partial charge in [0.1, 0.15) is 11.5 Å². The average Bonchev–Trinajstić information content (AvgIpc) is 3.08. The minimum atomic E-state index is -0.406. The van der Waals surface area contributed by atoms with Crippen LogP contribution in [-0.2, 0) is 16.1 Å². The van der Waals surface area contributed by atoms with E-state index >= 15 is 0 Å². The third kappa shape index (κ3) is 4.34. The van der Waals surface area contributed by atoms with Crippen molar-refractivity contribution in [1.29, 1.82) is 0 Å². The van der Waals surface area contributed by atoms with Crippen LogP contribution in [0.1, 0.15) is 12.0 Å². The summed E-state index contributed by atoms with van der Waals surface area (Å²) in [6.45, 7) is 0.709. The first-order chi connectivity index (χ1) is 13.0. The van der Waals surface area contributed by atoms with Crippen molar-refractivity contribution in [2.45, 2.75) is 13.0 Å². The molecule has 1 aliphatic rings. The molecule has 2 amide bonds. The lowest BCUT2D eigenvalue weighted by Crippen LogP contribution is -2.32. The monoisotopic (exact) mass is 388 g/mol. The SMILES string of the molecule is COc1ccc(N2CC(C(=O)NCc3ccc(Cl)cc3)CC2=O)c(OC)c1. The van der Waals surface area contributed by atoms with Crippen molar-refractivity contribution in [3.05, 3.63) is 53.1 Å². The maximum atomic E-state index is 12.5. The Morgan fingerprint density at radius 2 is 1.93 bits per heavy atom. The van der Waals surface area contributed by atoms with E-state index in [0.717, 1.165) is 5.56 Å². The van der Waals surface area contributed by atoms with E-state index in [0.29, 0.717) is 35.3 Å². The summed E-state index contributed by atoms with van der Waals surface area (Å²) in [6, 6.07) is 12.5. The number of anilines is 1. The van der Waals surface area contributed by atoms with Crippen LogP contribution in [0.4, 0.5) is 5.69 Å². The molecule has 6 nitrogen and oxygen atoms in total. The summed E-state index contributed by atoms with van der Waals surface area (Å²) in [4.78, 5) is 26.6. The summed E-state index contributed by atoms with van der Waals surface area (Å²) in [7, 11) is 3.10. The summed E-state index contributed by atoms with van der Waals surface area (Å²) < 4.78 is 10.6. The number of nitrogens with one attached hydrogen (secondary N) is 1. The highest BCUT2D eigenvalue weighted by molar-refractivity contribution is 6.30. The van der Waals surface area contributed by atoms with Gasteiger partial charge in [0.2, 0.25) is 11.8 Å². The van der Waals surface area contributed by atoms with E-state index in [1.165, 1.54) is 7.11 Å². The molecular weight excluding hydrogens is 368 g/mol. The molecule has 0 saturated carbocycles. The Labute approximate surface area is 163 Å². The number of carbonyl (C=O) groups is 2. The zero-order valence-electron chi connectivity index (χ0n) is 15.2. The van der Waals surface area contributed by atoms with Crippen LogP contribution >= 0.6 is 11.6 Å². The highest BCUT2D eigenvalue weighted by Gasteiger charge is 2.36. The molecule has 2 aromatic rings. The number of halogens is 1. The third-order valence-corrected chi connectivity index (χ3v) is 4.81. The quantitative estimate of drug-likeness (QED) is 0.826. The second-order valence-electron chi connectivity index (χ2n) is 6.29. The number of carbonyl (C=O) groups excluding carboxylic acids is 2. The second kappa shape index (κ2) is 8.31. The van der Waals surface area contributed by atoms with E-state index in [-0.39, 0.29) is 18.2 Å². The standard InChI is InChI=1S/C20H21ClN2O4/c1-26-16-7-8-17(18(10-16)27-2)23-12-14(9-19(23)24)20(25)22-11-13-3-5-15(21)6-4-13/h3-8,10,14H,9,11-12H2,1-2H3,(H,22,25). The van der Waals surface area contributed by atoms with Gasteiger partial charge in [-0.25, -0.2) is 0 Å². The molecule has 2 aromatic carbocycles. The van der Waals surface area contributed by atoms with Crippen molar-refractivity contribution in [2.75, 3.05) is 25.7 Å². The molecular formula is C20H21ClN2O4. The maximum Gasteiger partial charge on any atom is 0.227 e. The largest absolute Gasteiger partial charge is 0.497 e. The van der Waals surface area contributed by atoms with Crippen molar-refractivity contribution in [3.63, 3.8) is 0 Å². The van der Waals surface area contributed by atoms with Crippen LogP contribution in [-0.4, -0.2) is 32.6 Å². The van der Waals surface area contributed by atoms with E-state index in [4.69, 9.17) is 21.1 Å². The fourth-order valence-corrected chi connectivity index (χ4v) is 3.19. The van der Waals surface area contributed by atoms with Gasteiger partial charge in [-0.1, -0.05) is 23.7 Å². The fraction of sp³-hybridized carbons (Fsp3) is 0.300. The van der Waals surface area contributed by atoms with Crippen molar-refractivity contribution in [3.8, 4) is 11.5 Å². The van der Waals surface area contributed by atoms with Crippen LogP contribution in [0, 0.1) is 5.92 Å². The Kier molecular flexibility index (Phi) is 5.86. The van der Waals surface area contributed by atoms with Crippen molar-refractivity contribution in [1.82, 2.24) is 5.32 Å². The number of nitrogens with zero attached hydrogens (tertiary/aromatic N) is 1. The van der Waals surface area contributed by atoms with Gasteiger partial charge in [-0.3, -0.25) is 9.59 Å². The molecule has 0 spiro atoms. The van der Waals surface area contributed by atoms with Crippen molar-refractivity contribution in [2.24, 2.45) is 5.92 Å². The predicted octanol–water partition coefficient (Wildman–Crippen LogP) is 3.03. The number of amides is 2. The van der Waals surface area contributed by atoms with Crippen LogP contribution in [0.15, 0.2) is 42.5 Å². The molecule has 7 heteroatoms. The zero-order valence-corrected chi connectivity index (χ0v) is 16.0. The topological polar surface area (TPSA) is 67.9 Å². The lowest BCUT2D eigenvalue weighted by molar-refractivity contribution is -0.126. The van der Waals surface area contributed by atoms with Gasteiger partial charge in [0.15, 0.2) is 0 Å². The molecule has 1 saturated heterocycles. The summed E-state index contributed by atoms with van der Waals surface area (Å²) >= 11 is 5.86. The lowest BCUT2D eigenvalue weighted by atomic mass is 10.1. The third-order valence-electron chi connectivity index (χ3n) is 4.55. The van der Waals surface area contributed by atoms with Crippen LogP contribution in [0.2, 0.25) is 5.02 Å². The summed E-state index contributed by atoms with van der Waals surface area (Å²) in [6.07, 6.45) is 0.168. The zero-order chi connectivity index (χ0) is 19.4. The average molecular weight is 389 g/mol. The molecule has 1 atom stereocenters. The van der Waals surface area contributed by atoms with Gasteiger partial charge in [0.05, 0.1) is 25.8 Å². The molecule has 142 valence electrons. The first-order valence-electron chi connectivity index (χ1n) is 8.56. The number of benzene rings is 2. The van der Waals surface area contributed by atoms with E-state index in [2.05, 4.69) is 5.32 Å². The highest BCUT2D eigenvalue weighted by atomic mass is 35.5. The molecule has 27 heavy (non-hydrogen) atoms. The molecule has 0 aliphatic carbocycles. The molecule has 1 fully saturated rings. The smallest absolute Gasteiger partial charge is 0.227 e. The maximum absolute atomic E-state index is 12.5. The first kappa shape index (κ1) is 19.0. The number of hydrogen-bond donors (Lipinski definition) is 1. The van der Waals surface area contributed by atoms with Crippen LogP contribution in [0.3, 0.4) is 0 Å². The van der Waals surface area contributed by atoms with E-state index in [1.807, 2.05) is 12.1 Å². The van der Waals surface area contributed by atoms with Crippen molar-refractivity contribution < 1.29 is 19.1 Å². The van der Waals surface area contributed by atoms with Crippen molar-refractivity contribution >= 4 is 29.1 Å². The Morgan fingerprint density at radius 3 is 2.59 bits per heavy atom. The van der Waals surface area contributed by atoms with Crippen LogP contribution in [0.25, 0.3) is 0 Å². The van der Waals surface area contributed by atoms with Gasteiger partial charge >= 0.3 is 0 Å². The Balaban J connectivity index is 1.66. The fourth-order valence-electron chi connectivity index (χ4n) is 3.06. The summed E-state index contributed by atoms with van der Waals surface area (Å²) in [5.41, 5.74) is 1.59. The Bertz CT molecular complexity index is 838. The Hall–Kier alpha value is -2.73. The van der Waals surface area contributed by atoms with Gasteiger partial charge in [0.25, 0.3) is 0 Å². The molecule has 0 bridgehead atoms. The highest BCUT2D eigenvalue weighted by Crippen LogP contribution is 2.35. The number of rotatable bonds is 6. The second-order valence-corrected chi connectivity index (χ2v) is 6.72. The normalized spacial score (nSPS) is 16.3. The molecule has 0 radical (unpaired) electrons. The van der Waals surface area contributed by atoms with Gasteiger partial charge < -0.3 is 19.7 Å². The van der Waals surface area contributed by atoms with Gasteiger partial charge in [-0.2, -0.15) is 0 Å². The summed E-state index contributed by atoms with van der Waals surface area (Å²) in [5.74, 6) is 0.513. The van der Waals surface area contributed by atoms with E-state index in [9.17, 15) is 9.59 Å². The summed E-state index contributed by atoms with van der Waals surface area (Å²) in [5, 5.41) is 3.54. The molecule has 0 aromatic heterocycles. The Morgan fingerprint density at radius 1 is 1.19 bits per heavy atom. The minimum Gasteiger partial charge on any atom is -0.497 e. The van der Waals surface area contributed by atoms with Gasteiger partial charge in [-0.15, -0.1) is 0 Å². The van der Waals surface area contributed by atoms with Crippen LogP contribution in [0.5, 0.6) is 11.5 Å². The van der Waals surface area contributed by atoms with E-state index < -0.39 is 5.92 Å². The number of hydrogen-bond acceptors (Lipinski definition) is 4. The number of ether oxygens (including phenoxy) is 2. The van der Waals surface area contributed by atoms with Crippen LogP contribution < -0.4 is 19.7 Å². The lowest BCUT2D eigenvalue weighted by Gasteiger charge is -2.20. The molecule has 3 rings (SSSR count). The number of methoxy groups -OCH3 is 2. The predicted molar refractivity (Wildman–Crippen MR) is 103 cm³/mol. The first-order valence-corrected chi connectivity index (χ1v) is 8.94. The van der Waals surface area contributed by atoms with Gasteiger partial charge in [0, 0.05) is 30.6 Å². The molecule has 1 aliphatic heterocycles. The molecule has 1 unspecified atom stereocenters. The molecule has 1 N–H and O–H groups in total. The van der Waals surface area contributed by atoms with Gasteiger partial charge in [-0.05, 0) is 29.8 Å². The van der Waals surface area contributed by atoms with E-state index in [1.54, 1.807) is 42.3 Å². The molecule has 1 heterocycles.